The molecule has 1 aliphatic heterocycles. The molecule has 1 aromatic carbocycles. The molecule has 2 rings (SSSR count). The van der Waals surface area contributed by atoms with Crippen LogP contribution in [-0.2, 0) is 9.59 Å². The van der Waals surface area contributed by atoms with Gasteiger partial charge in [0, 0.05) is 18.7 Å². The predicted molar refractivity (Wildman–Crippen MR) is 77.0 cm³/mol. The first-order valence-electron chi connectivity index (χ1n) is 6.60. The molecule has 0 radical (unpaired) electrons. The minimum atomic E-state index is -0.171. The third-order valence-electron chi connectivity index (χ3n) is 3.16. The number of hydrogen-bond acceptors (Lipinski definition) is 4. The lowest BCUT2D eigenvalue weighted by atomic mass is 10.2. The van der Waals surface area contributed by atoms with Gasteiger partial charge in [-0.1, -0.05) is 0 Å². The van der Waals surface area contributed by atoms with Crippen molar-refractivity contribution in [3.63, 3.8) is 0 Å². The SMILES string of the molecule is COc1cc(NC(=O)[C@H]2CCCN2)ccc1NC(C)=O. The Bertz CT molecular complexity index is 510. The van der Waals surface area contributed by atoms with Gasteiger partial charge in [0.25, 0.3) is 0 Å². The van der Waals surface area contributed by atoms with E-state index in [0.717, 1.165) is 19.4 Å². The zero-order valence-corrected chi connectivity index (χ0v) is 11.7. The van der Waals surface area contributed by atoms with Crippen LogP contribution in [0.5, 0.6) is 5.75 Å². The summed E-state index contributed by atoms with van der Waals surface area (Å²) in [5, 5.41) is 8.66. The van der Waals surface area contributed by atoms with Crippen LogP contribution in [0.4, 0.5) is 11.4 Å². The van der Waals surface area contributed by atoms with Crippen LogP contribution in [0.25, 0.3) is 0 Å². The van der Waals surface area contributed by atoms with Crippen molar-refractivity contribution in [3.8, 4) is 5.75 Å². The zero-order chi connectivity index (χ0) is 14.5. The lowest BCUT2D eigenvalue weighted by Gasteiger charge is -2.14. The standard InChI is InChI=1S/C14H19N3O3/c1-9(18)16-11-6-5-10(8-13(11)20-2)17-14(19)12-4-3-7-15-12/h5-6,8,12,15H,3-4,7H2,1-2H3,(H,16,18)(H,17,19)/t12-/m1/s1. The van der Waals surface area contributed by atoms with E-state index in [2.05, 4.69) is 16.0 Å². The number of hydrogen-bond donors (Lipinski definition) is 3. The Morgan fingerprint density at radius 1 is 1.35 bits per heavy atom. The molecule has 20 heavy (non-hydrogen) atoms. The minimum Gasteiger partial charge on any atom is -0.494 e. The van der Waals surface area contributed by atoms with E-state index in [9.17, 15) is 9.59 Å². The van der Waals surface area contributed by atoms with Gasteiger partial charge in [-0.15, -0.1) is 0 Å². The normalized spacial score (nSPS) is 17.6. The van der Waals surface area contributed by atoms with Crippen molar-refractivity contribution in [2.45, 2.75) is 25.8 Å². The van der Waals surface area contributed by atoms with Crippen LogP contribution < -0.4 is 20.7 Å². The van der Waals surface area contributed by atoms with Crippen LogP contribution >= 0.6 is 0 Å². The number of nitrogens with one attached hydrogen (secondary N) is 3. The Hall–Kier alpha value is -2.08. The van der Waals surface area contributed by atoms with Gasteiger partial charge in [-0.3, -0.25) is 9.59 Å². The number of anilines is 2. The monoisotopic (exact) mass is 277 g/mol. The van der Waals surface area contributed by atoms with Gasteiger partial charge in [-0.25, -0.2) is 0 Å². The van der Waals surface area contributed by atoms with Crippen LogP contribution in [0.3, 0.4) is 0 Å². The summed E-state index contributed by atoms with van der Waals surface area (Å²) in [4.78, 5) is 23.1. The van der Waals surface area contributed by atoms with E-state index < -0.39 is 0 Å². The molecule has 6 heteroatoms. The second kappa shape index (κ2) is 6.38. The van der Waals surface area contributed by atoms with E-state index in [1.54, 1.807) is 18.2 Å². The second-order valence-corrected chi connectivity index (χ2v) is 4.73. The Balaban J connectivity index is 2.08. The van der Waals surface area contributed by atoms with Gasteiger partial charge in [0.15, 0.2) is 0 Å². The maximum absolute atomic E-state index is 12.0. The largest absolute Gasteiger partial charge is 0.494 e. The smallest absolute Gasteiger partial charge is 0.241 e. The van der Waals surface area contributed by atoms with E-state index >= 15 is 0 Å². The maximum atomic E-state index is 12.0. The van der Waals surface area contributed by atoms with Crippen molar-refractivity contribution in [3.05, 3.63) is 18.2 Å². The molecule has 1 atom stereocenters. The highest BCUT2D eigenvalue weighted by atomic mass is 16.5. The molecule has 1 aliphatic rings. The number of amides is 2. The van der Waals surface area contributed by atoms with Gasteiger partial charge in [0.05, 0.1) is 18.8 Å². The highest BCUT2D eigenvalue weighted by Gasteiger charge is 2.22. The third kappa shape index (κ3) is 3.48. The van der Waals surface area contributed by atoms with E-state index in [1.165, 1.54) is 14.0 Å². The highest BCUT2D eigenvalue weighted by molar-refractivity contribution is 5.96. The number of ether oxygens (including phenoxy) is 1. The average molecular weight is 277 g/mol. The van der Waals surface area contributed by atoms with Gasteiger partial charge in [0.2, 0.25) is 11.8 Å². The van der Waals surface area contributed by atoms with Crippen molar-refractivity contribution in [2.75, 3.05) is 24.3 Å². The molecule has 0 unspecified atom stereocenters. The molecular weight excluding hydrogens is 258 g/mol. The highest BCUT2D eigenvalue weighted by Crippen LogP contribution is 2.28. The van der Waals surface area contributed by atoms with Crippen LogP contribution in [0.1, 0.15) is 19.8 Å². The molecule has 0 bridgehead atoms. The minimum absolute atomic E-state index is 0.0446. The molecule has 1 aromatic rings. The molecule has 6 nitrogen and oxygen atoms in total. The third-order valence-corrected chi connectivity index (χ3v) is 3.16. The van der Waals surface area contributed by atoms with Crippen LogP contribution in [-0.4, -0.2) is 31.5 Å². The summed E-state index contributed by atoms with van der Waals surface area (Å²) in [5.41, 5.74) is 1.23. The average Bonchev–Trinajstić information content (AvgIpc) is 2.94. The molecule has 3 N–H and O–H groups in total. The topological polar surface area (TPSA) is 79.5 Å². The van der Waals surface area contributed by atoms with Crippen LogP contribution in [0.15, 0.2) is 18.2 Å². The van der Waals surface area contributed by atoms with Crippen molar-refractivity contribution in [2.24, 2.45) is 0 Å². The molecule has 2 amide bonds. The van der Waals surface area contributed by atoms with Gasteiger partial charge in [0.1, 0.15) is 5.75 Å². The zero-order valence-electron chi connectivity index (χ0n) is 11.7. The summed E-state index contributed by atoms with van der Waals surface area (Å²) in [7, 11) is 1.52. The first-order valence-corrected chi connectivity index (χ1v) is 6.60. The molecule has 0 aliphatic carbocycles. The summed E-state index contributed by atoms with van der Waals surface area (Å²) in [6, 6.07) is 5.01. The molecule has 1 heterocycles. The molecule has 0 spiro atoms. The van der Waals surface area contributed by atoms with Crippen molar-refractivity contribution >= 4 is 23.2 Å². The van der Waals surface area contributed by atoms with Gasteiger partial charge < -0.3 is 20.7 Å². The van der Waals surface area contributed by atoms with Crippen molar-refractivity contribution < 1.29 is 14.3 Å². The molecule has 0 aromatic heterocycles. The molecule has 1 saturated heterocycles. The summed E-state index contributed by atoms with van der Waals surface area (Å²) >= 11 is 0. The van der Waals surface area contributed by atoms with Gasteiger partial charge in [-0.05, 0) is 31.5 Å². The van der Waals surface area contributed by atoms with Gasteiger partial charge >= 0.3 is 0 Å². The van der Waals surface area contributed by atoms with Gasteiger partial charge in [-0.2, -0.15) is 0 Å². The fraction of sp³-hybridized carbons (Fsp3) is 0.429. The van der Waals surface area contributed by atoms with Crippen LogP contribution in [0, 0.1) is 0 Å². The lowest BCUT2D eigenvalue weighted by Crippen LogP contribution is -2.35. The molecule has 0 saturated carbocycles. The first kappa shape index (κ1) is 14.3. The summed E-state index contributed by atoms with van der Waals surface area (Å²) in [6.07, 6.45) is 1.87. The fourth-order valence-corrected chi connectivity index (χ4v) is 2.20. The second-order valence-electron chi connectivity index (χ2n) is 4.73. The summed E-state index contributed by atoms with van der Waals surface area (Å²) < 4.78 is 5.21. The molecular formula is C14H19N3O3. The van der Waals surface area contributed by atoms with E-state index in [4.69, 9.17) is 4.74 Å². The Morgan fingerprint density at radius 3 is 2.75 bits per heavy atom. The van der Waals surface area contributed by atoms with E-state index in [0.29, 0.717) is 17.1 Å². The maximum Gasteiger partial charge on any atom is 0.241 e. The molecule has 1 fully saturated rings. The first-order chi connectivity index (χ1) is 9.60. The summed E-state index contributed by atoms with van der Waals surface area (Å²) in [6.45, 7) is 2.31. The lowest BCUT2D eigenvalue weighted by molar-refractivity contribution is -0.118. The fourth-order valence-electron chi connectivity index (χ4n) is 2.20. The quantitative estimate of drug-likeness (QED) is 0.776. The molecule has 108 valence electrons. The Morgan fingerprint density at radius 2 is 2.15 bits per heavy atom. The van der Waals surface area contributed by atoms with Crippen molar-refractivity contribution in [1.82, 2.24) is 5.32 Å². The Labute approximate surface area is 117 Å². The number of carbonyl (C=O) groups excluding carboxylic acids is 2. The van der Waals surface area contributed by atoms with Crippen molar-refractivity contribution in [1.29, 1.82) is 0 Å². The van der Waals surface area contributed by atoms with Crippen LogP contribution in [0.2, 0.25) is 0 Å². The number of carbonyl (C=O) groups is 2. The number of rotatable bonds is 4. The number of benzene rings is 1. The predicted octanol–water partition coefficient (Wildman–Crippen LogP) is 1.34. The van der Waals surface area contributed by atoms with E-state index in [1.807, 2.05) is 0 Å². The Kier molecular flexibility index (Phi) is 4.57. The number of methoxy groups -OCH3 is 1. The summed E-state index contributed by atoms with van der Waals surface area (Å²) in [5.74, 6) is 0.296. The van der Waals surface area contributed by atoms with E-state index in [-0.39, 0.29) is 17.9 Å².